The number of sulfonamides is 1. The van der Waals surface area contributed by atoms with Crippen molar-refractivity contribution in [2.24, 2.45) is 5.73 Å². The molecule has 118 valence electrons. The van der Waals surface area contributed by atoms with Crippen molar-refractivity contribution in [3.63, 3.8) is 0 Å². The van der Waals surface area contributed by atoms with Gasteiger partial charge in [0.25, 0.3) is 0 Å². The number of benzene rings is 1. The molecule has 1 saturated heterocycles. The van der Waals surface area contributed by atoms with Crippen LogP contribution < -0.4 is 10.5 Å². The zero-order chi connectivity index (χ0) is 15.3. The number of nitrogens with two attached hydrogens (primary N) is 1. The van der Waals surface area contributed by atoms with E-state index in [1.54, 1.807) is 6.07 Å². The van der Waals surface area contributed by atoms with E-state index in [0.717, 1.165) is 25.2 Å². The smallest absolute Gasteiger partial charge is 0.240 e. The second-order valence-electron chi connectivity index (χ2n) is 5.26. The Labute approximate surface area is 131 Å². The quantitative estimate of drug-likeness (QED) is 0.829. The Morgan fingerprint density at radius 3 is 2.57 bits per heavy atom. The van der Waals surface area contributed by atoms with Crippen molar-refractivity contribution < 1.29 is 8.42 Å². The molecule has 2 rings (SSSR count). The van der Waals surface area contributed by atoms with Gasteiger partial charge in [-0.2, -0.15) is 0 Å². The van der Waals surface area contributed by atoms with Crippen molar-refractivity contribution in [3.05, 3.63) is 28.8 Å². The van der Waals surface area contributed by atoms with Gasteiger partial charge < -0.3 is 10.6 Å². The lowest BCUT2D eigenvalue weighted by molar-refractivity contribution is 0.233. The maximum absolute atomic E-state index is 12.2. The SMILES string of the molecule is NCc1ccc(S(=O)(=O)NCCN2CCCCC2)cc1Cl. The number of piperidine rings is 1. The highest BCUT2D eigenvalue weighted by Gasteiger charge is 2.16. The van der Waals surface area contributed by atoms with E-state index in [-0.39, 0.29) is 4.90 Å². The largest absolute Gasteiger partial charge is 0.326 e. The number of halogens is 1. The Bertz CT molecular complexity index is 572. The maximum Gasteiger partial charge on any atom is 0.240 e. The highest BCUT2D eigenvalue weighted by atomic mass is 35.5. The number of hydrogen-bond acceptors (Lipinski definition) is 4. The predicted molar refractivity (Wildman–Crippen MR) is 84.8 cm³/mol. The molecule has 0 unspecified atom stereocenters. The minimum atomic E-state index is -3.51. The molecule has 1 aromatic carbocycles. The van der Waals surface area contributed by atoms with Crippen LogP contribution in [0, 0.1) is 0 Å². The van der Waals surface area contributed by atoms with Crippen LogP contribution in [0.4, 0.5) is 0 Å². The summed E-state index contributed by atoms with van der Waals surface area (Å²) < 4.78 is 27.0. The summed E-state index contributed by atoms with van der Waals surface area (Å²) in [6.45, 7) is 3.56. The third kappa shape index (κ3) is 4.66. The average molecular weight is 332 g/mol. The molecule has 21 heavy (non-hydrogen) atoms. The van der Waals surface area contributed by atoms with Gasteiger partial charge in [-0.05, 0) is 43.6 Å². The zero-order valence-electron chi connectivity index (χ0n) is 12.0. The van der Waals surface area contributed by atoms with Gasteiger partial charge in [-0.25, -0.2) is 13.1 Å². The fraction of sp³-hybridized carbons (Fsp3) is 0.571. The molecule has 0 aliphatic carbocycles. The molecule has 0 saturated carbocycles. The number of nitrogens with one attached hydrogen (secondary N) is 1. The van der Waals surface area contributed by atoms with Gasteiger partial charge in [-0.1, -0.05) is 24.1 Å². The summed E-state index contributed by atoms with van der Waals surface area (Å²) in [5.41, 5.74) is 6.26. The summed E-state index contributed by atoms with van der Waals surface area (Å²) in [5, 5.41) is 0.386. The molecule has 1 aliphatic heterocycles. The standard InChI is InChI=1S/C14H22ClN3O2S/c15-14-10-13(5-4-12(14)11-16)21(19,20)17-6-9-18-7-2-1-3-8-18/h4-5,10,17H,1-3,6-9,11,16H2. The summed E-state index contributed by atoms with van der Waals surface area (Å²) in [6, 6.07) is 4.64. The highest BCUT2D eigenvalue weighted by Crippen LogP contribution is 2.20. The summed E-state index contributed by atoms with van der Waals surface area (Å²) in [6.07, 6.45) is 3.67. The number of nitrogens with zero attached hydrogens (tertiary/aromatic N) is 1. The lowest BCUT2D eigenvalue weighted by Crippen LogP contribution is -2.37. The topological polar surface area (TPSA) is 75.4 Å². The predicted octanol–water partition coefficient (Wildman–Crippen LogP) is 1.56. The Morgan fingerprint density at radius 2 is 1.95 bits per heavy atom. The molecular weight excluding hydrogens is 310 g/mol. The van der Waals surface area contributed by atoms with E-state index in [4.69, 9.17) is 17.3 Å². The Kier molecular flexibility index (Phi) is 6.01. The minimum absolute atomic E-state index is 0.184. The average Bonchev–Trinajstić information content (AvgIpc) is 2.48. The van der Waals surface area contributed by atoms with E-state index in [9.17, 15) is 8.42 Å². The van der Waals surface area contributed by atoms with Crippen LogP contribution in [0.15, 0.2) is 23.1 Å². The van der Waals surface area contributed by atoms with Gasteiger partial charge in [-0.15, -0.1) is 0 Å². The first kappa shape index (κ1) is 16.7. The summed E-state index contributed by atoms with van der Waals surface area (Å²) in [4.78, 5) is 2.47. The maximum atomic E-state index is 12.2. The van der Waals surface area contributed by atoms with E-state index < -0.39 is 10.0 Å². The van der Waals surface area contributed by atoms with E-state index in [0.29, 0.717) is 18.1 Å². The lowest BCUT2D eigenvalue weighted by Gasteiger charge is -2.26. The number of hydrogen-bond donors (Lipinski definition) is 2. The van der Waals surface area contributed by atoms with Crippen molar-refractivity contribution in [3.8, 4) is 0 Å². The van der Waals surface area contributed by atoms with Gasteiger partial charge in [-0.3, -0.25) is 0 Å². The van der Waals surface area contributed by atoms with Crippen LogP contribution in [-0.2, 0) is 16.6 Å². The number of rotatable bonds is 6. The second-order valence-corrected chi connectivity index (χ2v) is 7.43. The van der Waals surface area contributed by atoms with Crippen LogP contribution in [-0.4, -0.2) is 39.5 Å². The molecule has 1 heterocycles. The van der Waals surface area contributed by atoms with Crippen molar-refractivity contribution in [1.29, 1.82) is 0 Å². The van der Waals surface area contributed by atoms with Crippen molar-refractivity contribution in [1.82, 2.24) is 9.62 Å². The van der Waals surface area contributed by atoms with Crippen molar-refractivity contribution in [2.45, 2.75) is 30.7 Å². The molecule has 0 bridgehead atoms. The summed E-state index contributed by atoms with van der Waals surface area (Å²) >= 11 is 6.01. The zero-order valence-corrected chi connectivity index (χ0v) is 13.6. The van der Waals surface area contributed by atoms with E-state index in [2.05, 4.69) is 9.62 Å². The molecule has 1 fully saturated rings. The van der Waals surface area contributed by atoms with Crippen molar-refractivity contribution in [2.75, 3.05) is 26.2 Å². The molecule has 1 aromatic rings. The third-order valence-electron chi connectivity index (χ3n) is 3.72. The molecule has 0 radical (unpaired) electrons. The monoisotopic (exact) mass is 331 g/mol. The first-order valence-corrected chi connectivity index (χ1v) is 9.09. The third-order valence-corrected chi connectivity index (χ3v) is 5.53. The minimum Gasteiger partial charge on any atom is -0.326 e. The Balaban J connectivity index is 1.93. The van der Waals surface area contributed by atoms with Crippen LogP contribution in [0.2, 0.25) is 5.02 Å². The molecule has 0 atom stereocenters. The van der Waals surface area contributed by atoms with E-state index >= 15 is 0 Å². The van der Waals surface area contributed by atoms with Crippen LogP contribution in [0.3, 0.4) is 0 Å². The van der Waals surface area contributed by atoms with E-state index in [1.807, 2.05) is 0 Å². The number of likely N-dealkylation sites (tertiary alicyclic amines) is 1. The highest BCUT2D eigenvalue weighted by molar-refractivity contribution is 7.89. The second kappa shape index (κ2) is 7.56. The van der Waals surface area contributed by atoms with Gasteiger partial charge in [0.1, 0.15) is 0 Å². The van der Waals surface area contributed by atoms with Gasteiger partial charge in [0.05, 0.1) is 4.90 Å². The van der Waals surface area contributed by atoms with Crippen LogP contribution in [0.5, 0.6) is 0 Å². The van der Waals surface area contributed by atoms with Crippen LogP contribution in [0.25, 0.3) is 0 Å². The molecule has 3 N–H and O–H groups in total. The summed E-state index contributed by atoms with van der Waals surface area (Å²) in [5.74, 6) is 0. The fourth-order valence-corrected chi connectivity index (χ4v) is 3.83. The van der Waals surface area contributed by atoms with Crippen LogP contribution >= 0.6 is 11.6 Å². The lowest BCUT2D eigenvalue weighted by atomic mass is 10.1. The van der Waals surface area contributed by atoms with Crippen molar-refractivity contribution >= 4 is 21.6 Å². The van der Waals surface area contributed by atoms with Gasteiger partial charge >= 0.3 is 0 Å². The van der Waals surface area contributed by atoms with Gasteiger partial charge in [0, 0.05) is 24.7 Å². The molecule has 7 heteroatoms. The van der Waals surface area contributed by atoms with Crippen LogP contribution in [0.1, 0.15) is 24.8 Å². The normalized spacial score (nSPS) is 17.0. The Morgan fingerprint density at radius 1 is 1.24 bits per heavy atom. The molecule has 0 aromatic heterocycles. The molecular formula is C14H22ClN3O2S. The Hall–Kier alpha value is -0.660. The molecule has 0 amide bonds. The summed E-state index contributed by atoms with van der Waals surface area (Å²) in [7, 11) is -3.51. The molecule has 5 nitrogen and oxygen atoms in total. The first-order valence-electron chi connectivity index (χ1n) is 7.23. The first-order chi connectivity index (χ1) is 10.0. The molecule has 0 spiro atoms. The van der Waals surface area contributed by atoms with Gasteiger partial charge in [0.2, 0.25) is 10.0 Å². The fourth-order valence-electron chi connectivity index (χ4n) is 2.47. The molecule has 1 aliphatic rings. The van der Waals surface area contributed by atoms with E-state index in [1.165, 1.54) is 31.4 Å². The van der Waals surface area contributed by atoms with Gasteiger partial charge in [0.15, 0.2) is 0 Å².